The van der Waals surface area contributed by atoms with Crippen molar-refractivity contribution in [3.8, 4) is 56.1 Å². The van der Waals surface area contributed by atoms with Gasteiger partial charge in [-0.3, -0.25) is 9.97 Å². The van der Waals surface area contributed by atoms with E-state index in [1.54, 1.807) is 12.4 Å². The van der Waals surface area contributed by atoms with E-state index in [4.69, 9.17) is 9.97 Å². The molecule has 0 radical (unpaired) electrons. The SMILES string of the molecule is c1ccc(-c2cccc(N(c3ccc(-c4nccnc4-c4ccc(N(c5cccc(-c6ccccc6)c5)c5ccc6c(c5)c5ccccc5n6-c5ccccc5)cc4)cc3)c3ccc4c(c3)c3ccccc3n4-c3ccccc3)c2)cc1. The third-order valence-corrected chi connectivity index (χ3v) is 15.8. The van der Waals surface area contributed by atoms with Crippen LogP contribution in [0.5, 0.6) is 0 Å². The normalized spacial score (nSPS) is 11.4. The zero-order chi connectivity index (χ0) is 54.3. The second-order valence-electron chi connectivity index (χ2n) is 20.6. The van der Waals surface area contributed by atoms with Gasteiger partial charge in [0.25, 0.3) is 0 Å². The summed E-state index contributed by atoms with van der Waals surface area (Å²) in [6.45, 7) is 0. The van der Waals surface area contributed by atoms with E-state index in [0.29, 0.717) is 0 Å². The monoisotopic (exact) mass is 1050 g/mol. The van der Waals surface area contributed by atoms with Crippen LogP contribution in [-0.2, 0) is 0 Å². The molecule has 0 N–H and O–H groups in total. The molecule has 0 aliphatic heterocycles. The third-order valence-electron chi connectivity index (χ3n) is 15.8. The van der Waals surface area contributed by atoms with Crippen molar-refractivity contribution in [3.63, 3.8) is 0 Å². The molecule has 0 saturated heterocycles. The van der Waals surface area contributed by atoms with Crippen molar-refractivity contribution in [1.29, 1.82) is 0 Å². The highest BCUT2D eigenvalue weighted by molar-refractivity contribution is 6.12. The van der Waals surface area contributed by atoms with Crippen molar-refractivity contribution in [3.05, 3.63) is 316 Å². The fourth-order valence-electron chi connectivity index (χ4n) is 12.0. The number of hydrogen-bond donors (Lipinski definition) is 0. The zero-order valence-corrected chi connectivity index (χ0v) is 44.7. The Morgan fingerprint density at radius 1 is 0.220 bits per heavy atom. The van der Waals surface area contributed by atoms with E-state index in [1.807, 2.05) is 0 Å². The molecule has 12 aromatic carbocycles. The van der Waals surface area contributed by atoms with Gasteiger partial charge in [-0.25, -0.2) is 0 Å². The molecular formula is C76H52N6. The van der Waals surface area contributed by atoms with Crippen molar-refractivity contribution in [2.45, 2.75) is 0 Å². The van der Waals surface area contributed by atoms with E-state index in [9.17, 15) is 0 Å². The molecule has 0 fully saturated rings. The largest absolute Gasteiger partial charge is 0.310 e. The molecule has 0 spiro atoms. The Bertz CT molecular complexity index is 4480. The molecule has 15 aromatic rings. The number of hydrogen-bond acceptors (Lipinski definition) is 4. The second-order valence-corrected chi connectivity index (χ2v) is 20.6. The van der Waals surface area contributed by atoms with E-state index in [2.05, 4.69) is 322 Å². The highest BCUT2D eigenvalue weighted by Crippen LogP contribution is 2.44. The van der Waals surface area contributed by atoms with Crippen LogP contribution in [0, 0.1) is 0 Å². The third kappa shape index (κ3) is 8.63. The minimum Gasteiger partial charge on any atom is -0.310 e. The van der Waals surface area contributed by atoms with E-state index < -0.39 is 0 Å². The first-order valence-corrected chi connectivity index (χ1v) is 27.8. The fraction of sp³-hybridized carbons (Fsp3) is 0. The number of fused-ring (bicyclic) bond motifs is 6. The Balaban J connectivity index is 0.813. The van der Waals surface area contributed by atoms with Crippen molar-refractivity contribution < 1.29 is 0 Å². The summed E-state index contributed by atoms with van der Waals surface area (Å²) in [6, 6.07) is 109. The first-order valence-electron chi connectivity index (χ1n) is 27.8. The summed E-state index contributed by atoms with van der Waals surface area (Å²) >= 11 is 0. The molecule has 15 rings (SSSR count). The van der Waals surface area contributed by atoms with Crippen LogP contribution in [-0.4, -0.2) is 19.1 Å². The number of benzene rings is 12. The van der Waals surface area contributed by atoms with Crippen molar-refractivity contribution in [2.24, 2.45) is 0 Å². The van der Waals surface area contributed by atoms with Gasteiger partial charge in [-0.05, 0) is 144 Å². The molecule has 0 bridgehead atoms. The molecule has 0 amide bonds. The summed E-state index contributed by atoms with van der Waals surface area (Å²) in [5.74, 6) is 0. The highest BCUT2D eigenvalue weighted by Gasteiger charge is 2.22. The van der Waals surface area contributed by atoms with Gasteiger partial charge in [0, 0.05) is 90.6 Å². The van der Waals surface area contributed by atoms with Crippen LogP contribution in [0.25, 0.3) is 99.8 Å². The summed E-state index contributed by atoms with van der Waals surface area (Å²) in [5, 5.41) is 4.78. The Labute approximate surface area is 476 Å². The Morgan fingerprint density at radius 3 is 0.963 bits per heavy atom. The van der Waals surface area contributed by atoms with E-state index in [-0.39, 0.29) is 0 Å². The standard InChI is InChI=1S/C76H52N6/c1-5-19-53(20-6-1)57-23-17-29-63(49-57)79(65-43-45-73-69(51-65)67-31-13-15-33-71(67)81(73)59-25-9-3-10-26-59)61-39-35-55(36-40-61)75-76(78-48-47-77-75)56-37-41-62(42-38-56)80(64-30-18-24-58(50-64)54-21-7-2-8-22-54)66-44-46-74-70(52-66)68-32-14-16-34-72(68)82(74)60-27-11-4-12-28-60/h1-52H. The average molecular weight is 1050 g/mol. The Kier molecular flexibility index (Phi) is 12.1. The van der Waals surface area contributed by atoms with Gasteiger partial charge in [0.2, 0.25) is 0 Å². The molecule has 6 nitrogen and oxygen atoms in total. The maximum atomic E-state index is 5.03. The lowest BCUT2D eigenvalue weighted by Gasteiger charge is -2.27. The smallest absolute Gasteiger partial charge is 0.0965 e. The van der Waals surface area contributed by atoms with Gasteiger partial charge >= 0.3 is 0 Å². The first kappa shape index (κ1) is 48.1. The van der Waals surface area contributed by atoms with Gasteiger partial charge in [-0.1, -0.05) is 182 Å². The van der Waals surface area contributed by atoms with Crippen molar-refractivity contribution >= 4 is 77.7 Å². The van der Waals surface area contributed by atoms with Crippen LogP contribution < -0.4 is 9.80 Å². The number of para-hydroxylation sites is 4. The Hall–Kier alpha value is -11.1. The molecule has 82 heavy (non-hydrogen) atoms. The van der Waals surface area contributed by atoms with Gasteiger partial charge in [0.1, 0.15) is 0 Å². The lowest BCUT2D eigenvalue weighted by Crippen LogP contribution is -2.10. The van der Waals surface area contributed by atoms with Crippen LogP contribution in [0.3, 0.4) is 0 Å². The fourth-order valence-corrected chi connectivity index (χ4v) is 12.0. The molecule has 0 unspecified atom stereocenters. The predicted molar refractivity (Wildman–Crippen MR) is 342 cm³/mol. The molecule has 0 saturated carbocycles. The average Bonchev–Trinajstić information content (AvgIpc) is 3.49. The molecule has 0 aliphatic rings. The molecule has 6 heteroatoms. The summed E-state index contributed by atoms with van der Waals surface area (Å²) < 4.78 is 4.73. The molecule has 3 aromatic heterocycles. The lowest BCUT2D eigenvalue weighted by atomic mass is 10.0. The van der Waals surface area contributed by atoms with Crippen LogP contribution in [0.1, 0.15) is 0 Å². The summed E-state index contributed by atoms with van der Waals surface area (Å²) in [5.41, 5.74) is 21.4. The van der Waals surface area contributed by atoms with E-state index in [1.165, 1.54) is 43.7 Å². The van der Waals surface area contributed by atoms with Crippen LogP contribution >= 0.6 is 0 Å². The molecule has 3 heterocycles. The maximum absolute atomic E-state index is 5.03. The quantitative estimate of drug-likeness (QED) is 0.122. The molecular weight excluding hydrogens is 997 g/mol. The lowest BCUT2D eigenvalue weighted by molar-refractivity contribution is 1.18. The summed E-state index contributed by atoms with van der Waals surface area (Å²) in [7, 11) is 0. The first-order chi connectivity index (χ1) is 40.7. The van der Waals surface area contributed by atoms with Crippen molar-refractivity contribution in [2.75, 3.05) is 9.80 Å². The zero-order valence-electron chi connectivity index (χ0n) is 44.7. The van der Waals surface area contributed by atoms with Gasteiger partial charge < -0.3 is 18.9 Å². The van der Waals surface area contributed by atoms with Gasteiger partial charge in [0.15, 0.2) is 0 Å². The number of aromatic nitrogens is 4. The van der Waals surface area contributed by atoms with Crippen LogP contribution in [0.2, 0.25) is 0 Å². The Morgan fingerprint density at radius 2 is 0.549 bits per heavy atom. The second kappa shape index (κ2) is 20.6. The van der Waals surface area contributed by atoms with Crippen LogP contribution in [0.15, 0.2) is 316 Å². The highest BCUT2D eigenvalue weighted by atomic mass is 15.1. The van der Waals surface area contributed by atoms with Crippen molar-refractivity contribution in [1.82, 2.24) is 19.1 Å². The summed E-state index contributed by atoms with van der Waals surface area (Å²) in [6.07, 6.45) is 3.58. The van der Waals surface area contributed by atoms with Gasteiger partial charge in [-0.15, -0.1) is 0 Å². The van der Waals surface area contributed by atoms with Gasteiger partial charge in [0.05, 0.1) is 33.5 Å². The topological polar surface area (TPSA) is 42.1 Å². The number of anilines is 6. The van der Waals surface area contributed by atoms with E-state index in [0.717, 1.165) is 90.2 Å². The minimum atomic E-state index is 0.808. The molecule has 386 valence electrons. The number of nitrogens with zero attached hydrogens (tertiary/aromatic N) is 6. The van der Waals surface area contributed by atoms with E-state index >= 15 is 0 Å². The van der Waals surface area contributed by atoms with Crippen LogP contribution in [0.4, 0.5) is 34.1 Å². The molecule has 0 atom stereocenters. The maximum Gasteiger partial charge on any atom is 0.0965 e. The van der Waals surface area contributed by atoms with Gasteiger partial charge in [-0.2, -0.15) is 0 Å². The molecule has 0 aliphatic carbocycles. The number of rotatable bonds is 12. The summed E-state index contributed by atoms with van der Waals surface area (Å²) in [4.78, 5) is 14.8. The predicted octanol–water partition coefficient (Wildman–Crippen LogP) is 20.3. The minimum absolute atomic E-state index is 0.808.